The lowest BCUT2D eigenvalue weighted by molar-refractivity contribution is 0.251. The quantitative estimate of drug-likeness (QED) is 0.105. The average molecular weight is 775 g/mol. The SMILES string of the molecule is Nc1cc(Br)c2c(c1N)CN(CCCc1ccccc1)CC2.O=c1[nH]c2cc(Br)c3c(c2[nH]c1=O)CN(CCCc1ccccc1)CC3. The molecular weight excluding hydrogens is 732 g/mol. The van der Waals surface area contributed by atoms with Crippen LogP contribution in [0.15, 0.2) is 91.3 Å². The second-order valence-electron chi connectivity index (χ2n) is 12.7. The fourth-order valence-electron chi connectivity index (χ4n) is 6.84. The molecule has 10 heteroatoms. The number of aryl methyl sites for hydroxylation is 2. The summed E-state index contributed by atoms with van der Waals surface area (Å²) >= 11 is 7.23. The monoisotopic (exact) mass is 772 g/mol. The molecule has 0 saturated carbocycles. The van der Waals surface area contributed by atoms with Crippen LogP contribution in [0.2, 0.25) is 0 Å². The van der Waals surface area contributed by atoms with E-state index in [0.29, 0.717) is 11.2 Å². The molecule has 0 atom stereocenters. The molecule has 8 nitrogen and oxygen atoms in total. The van der Waals surface area contributed by atoms with Crippen LogP contribution in [-0.2, 0) is 38.8 Å². The lowest BCUT2D eigenvalue weighted by atomic mass is 9.96. The zero-order chi connectivity index (χ0) is 33.6. The summed E-state index contributed by atoms with van der Waals surface area (Å²) in [5, 5.41) is 0. The smallest absolute Gasteiger partial charge is 0.314 e. The van der Waals surface area contributed by atoms with E-state index in [9.17, 15) is 9.59 Å². The Bertz CT molecular complexity index is 2000. The van der Waals surface area contributed by atoms with Gasteiger partial charge in [0.25, 0.3) is 0 Å². The number of nitrogens with two attached hydrogens (primary N) is 2. The van der Waals surface area contributed by atoms with Crippen LogP contribution in [0, 0.1) is 0 Å². The Morgan fingerprint density at radius 3 is 1.73 bits per heavy atom. The average Bonchev–Trinajstić information content (AvgIpc) is 3.09. The van der Waals surface area contributed by atoms with E-state index < -0.39 is 11.1 Å². The van der Waals surface area contributed by atoms with Crippen molar-refractivity contribution in [3.8, 4) is 0 Å². The number of hydrogen-bond donors (Lipinski definition) is 4. The number of halogens is 2. The number of anilines is 2. The fourth-order valence-corrected chi connectivity index (χ4v) is 8.19. The van der Waals surface area contributed by atoms with E-state index in [-0.39, 0.29) is 0 Å². The van der Waals surface area contributed by atoms with Crippen LogP contribution in [0.4, 0.5) is 11.4 Å². The van der Waals surface area contributed by atoms with E-state index in [1.807, 2.05) is 18.2 Å². The van der Waals surface area contributed by atoms with Crippen molar-refractivity contribution in [2.45, 2.75) is 51.6 Å². The number of rotatable bonds is 8. The number of H-pyrrole nitrogens is 2. The Morgan fingerprint density at radius 1 is 0.646 bits per heavy atom. The first-order chi connectivity index (χ1) is 23.3. The first kappa shape index (κ1) is 34.2. The highest BCUT2D eigenvalue weighted by molar-refractivity contribution is 9.10. The molecule has 0 aliphatic carbocycles. The molecule has 250 valence electrons. The minimum atomic E-state index is -0.611. The molecule has 0 bridgehead atoms. The first-order valence-corrected chi connectivity index (χ1v) is 18.2. The van der Waals surface area contributed by atoms with Gasteiger partial charge in [-0.05, 0) is 97.1 Å². The van der Waals surface area contributed by atoms with Crippen molar-refractivity contribution < 1.29 is 0 Å². The van der Waals surface area contributed by atoms with Gasteiger partial charge in [-0.1, -0.05) is 92.5 Å². The molecule has 7 rings (SSSR count). The van der Waals surface area contributed by atoms with Crippen molar-refractivity contribution in [3.05, 3.63) is 136 Å². The maximum absolute atomic E-state index is 11.8. The third-order valence-electron chi connectivity index (χ3n) is 9.44. The van der Waals surface area contributed by atoms with E-state index in [2.05, 4.69) is 106 Å². The largest absolute Gasteiger partial charge is 0.397 e. The summed E-state index contributed by atoms with van der Waals surface area (Å²) in [4.78, 5) is 33.8. The predicted molar refractivity (Wildman–Crippen MR) is 203 cm³/mol. The highest BCUT2D eigenvalue weighted by Gasteiger charge is 2.23. The molecule has 0 fully saturated rings. The van der Waals surface area contributed by atoms with Crippen molar-refractivity contribution in [3.63, 3.8) is 0 Å². The molecule has 1 aromatic heterocycles. The number of nitrogens with one attached hydrogen (secondary N) is 2. The van der Waals surface area contributed by atoms with Crippen molar-refractivity contribution in [1.82, 2.24) is 19.8 Å². The van der Waals surface area contributed by atoms with Gasteiger partial charge in [-0.25, -0.2) is 0 Å². The molecule has 48 heavy (non-hydrogen) atoms. The van der Waals surface area contributed by atoms with Crippen LogP contribution in [0.5, 0.6) is 0 Å². The summed E-state index contributed by atoms with van der Waals surface area (Å²) in [5.74, 6) is 0. The topological polar surface area (TPSA) is 124 Å². The van der Waals surface area contributed by atoms with Gasteiger partial charge < -0.3 is 21.4 Å². The van der Waals surface area contributed by atoms with Crippen LogP contribution < -0.4 is 22.6 Å². The van der Waals surface area contributed by atoms with E-state index in [1.165, 1.54) is 34.2 Å². The van der Waals surface area contributed by atoms with Crippen LogP contribution >= 0.6 is 31.9 Å². The Hall–Kier alpha value is -3.70. The van der Waals surface area contributed by atoms with Gasteiger partial charge in [0.05, 0.1) is 22.4 Å². The molecule has 2 aliphatic rings. The Morgan fingerprint density at radius 2 is 1.15 bits per heavy atom. The van der Waals surface area contributed by atoms with Gasteiger partial charge >= 0.3 is 11.1 Å². The number of aromatic nitrogens is 2. The van der Waals surface area contributed by atoms with Gasteiger partial charge in [0.2, 0.25) is 0 Å². The maximum Gasteiger partial charge on any atom is 0.314 e. The third-order valence-corrected chi connectivity index (χ3v) is 10.9. The van der Waals surface area contributed by atoms with Crippen LogP contribution in [0.25, 0.3) is 11.0 Å². The molecule has 0 saturated heterocycles. The molecule has 0 amide bonds. The second kappa shape index (κ2) is 15.7. The van der Waals surface area contributed by atoms with Gasteiger partial charge in [-0.15, -0.1) is 0 Å². The summed E-state index contributed by atoms with van der Waals surface area (Å²) in [6.07, 6.45) is 6.42. The maximum atomic E-state index is 11.8. The Labute approximate surface area is 297 Å². The van der Waals surface area contributed by atoms with E-state index in [0.717, 1.165) is 97.1 Å². The normalized spacial score (nSPS) is 14.6. The second-order valence-corrected chi connectivity index (χ2v) is 14.4. The summed E-state index contributed by atoms with van der Waals surface area (Å²) < 4.78 is 2.09. The van der Waals surface area contributed by atoms with Crippen LogP contribution in [-0.4, -0.2) is 45.9 Å². The predicted octanol–water partition coefficient (Wildman–Crippen LogP) is 6.57. The molecule has 4 aromatic carbocycles. The standard InChI is InChI=1S/C20H20BrN3O2.C18H22BrN3/c21-16-11-17-18(23-20(26)19(25)22-17)15-12-24(10-8-14(15)16)9-4-7-13-5-2-1-3-6-13;19-16-11-17(20)18(21)15-12-22(10-8-14(15)16)9-4-7-13-5-2-1-3-6-13/h1-3,5-6,11H,4,7-10,12H2,(H,22,25)(H,23,26);1-3,5-6,11H,4,7-10,12,20-21H2. The van der Waals surface area contributed by atoms with Gasteiger partial charge in [-0.2, -0.15) is 0 Å². The van der Waals surface area contributed by atoms with Crippen molar-refractivity contribution >= 4 is 54.3 Å². The highest BCUT2D eigenvalue weighted by atomic mass is 79.9. The van der Waals surface area contributed by atoms with Gasteiger partial charge in [0.15, 0.2) is 0 Å². The summed E-state index contributed by atoms with van der Waals surface area (Å²) in [6.45, 7) is 5.88. The van der Waals surface area contributed by atoms with Crippen molar-refractivity contribution in [1.29, 1.82) is 0 Å². The number of nitrogens with zero attached hydrogens (tertiary/aromatic N) is 2. The molecule has 5 aromatic rings. The highest BCUT2D eigenvalue weighted by Crippen LogP contribution is 2.35. The van der Waals surface area contributed by atoms with Gasteiger partial charge in [-0.3, -0.25) is 19.4 Å². The van der Waals surface area contributed by atoms with Gasteiger partial charge in [0.1, 0.15) is 0 Å². The minimum Gasteiger partial charge on any atom is -0.397 e. The number of benzene rings is 4. The lowest BCUT2D eigenvalue weighted by Crippen LogP contribution is -2.34. The van der Waals surface area contributed by atoms with Crippen molar-refractivity contribution in [2.24, 2.45) is 0 Å². The number of fused-ring (bicyclic) bond motifs is 4. The minimum absolute atomic E-state index is 0.594. The van der Waals surface area contributed by atoms with E-state index >= 15 is 0 Å². The Balaban J connectivity index is 0.000000170. The van der Waals surface area contributed by atoms with Crippen molar-refractivity contribution in [2.75, 3.05) is 37.6 Å². The van der Waals surface area contributed by atoms with Crippen LogP contribution in [0.3, 0.4) is 0 Å². The van der Waals surface area contributed by atoms with Crippen LogP contribution in [0.1, 0.15) is 46.2 Å². The molecular formula is C38H42Br2N6O2. The molecule has 2 aliphatic heterocycles. The summed E-state index contributed by atoms with van der Waals surface area (Å²) in [7, 11) is 0. The zero-order valence-corrected chi connectivity index (χ0v) is 30.2. The molecule has 3 heterocycles. The summed E-state index contributed by atoms with van der Waals surface area (Å²) in [6, 6.07) is 25.0. The lowest BCUT2D eigenvalue weighted by Gasteiger charge is -2.30. The third kappa shape index (κ3) is 8.11. The molecule has 0 radical (unpaired) electrons. The van der Waals surface area contributed by atoms with E-state index in [1.54, 1.807) is 0 Å². The molecule has 0 unspecified atom stereocenters. The fraction of sp³-hybridized carbons (Fsp3) is 0.316. The zero-order valence-electron chi connectivity index (χ0n) is 27.0. The first-order valence-electron chi connectivity index (χ1n) is 16.6. The Kier molecular flexibility index (Phi) is 11.2. The molecule has 0 spiro atoms. The summed E-state index contributed by atoms with van der Waals surface area (Å²) in [5.41, 5.74) is 21.5. The van der Waals surface area contributed by atoms with E-state index in [4.69, 9.17) is 11.5 Å². The number of nitrogen functional groups attached to an aromatic ring is 2. The van der Waals surface area contributed by atoms with Gasteiger partial charge in [0, 0.05) is 35.1 Å². The number of hydrogen-bond acceptors (Lipinski definition) is 6. The number of aromatic amines is 2. The molecule has 6 N–H and O–H groups in total.